The first-order valence-corrected chi connectivity index (χ1v) is 39.3. The third kappa shape index (κ3) is 21.0. The second kappa shape index (κ2) is 40.6. The summed E-state index contributed by atoms with van der Waals surface area (Å²) in [5.41, 5.74) is 16.2. The van der Waals surface area contributed by atoms with Crippen molar-refractivity contribution in [2.24, 2.45) is 5.11 Å². The van der Waals surface area contributed by atoms with Gasteiger partial charge in [0.25, 0.3) is 0 Å². The molecule has 9 aromatic carbocycles. The predicted octanol–water partition coefficient (Wildman–Crippen LogP) is 14.8. The van der Waals surface area contributed by atoms with Crippen LogP contribution in [0.2, 0.25) is 0 Å². The molecule has 6 aliphatic heterocycles. The molecule has 24 heteroatoms. The molecule has 6 fully saturated rings. The Labute approximate surface area is 669 Å². The number of esters is 1. The van der Waals surface area contributed by atoms with Gasteiger partial charge >= 0.3 is 5.97 Å². The summed E-state index contributed by atoms with van der Waals surface area (Å²) in [5, 5.41) is 3.81. The van der Waals surface area contributed by atoms with Crippen molar-refractivity contribution >= 4 is 5.97 Å². The van der Waals surface area contributed by atoms with E-state index in [-0.39, 0.29) is 71.6 Å². The summed E-state index contributed by atoms with van der Waals surface area (Å²) in [7, 11) is 1.61. The van der Waals surface area contributed by atoms with Gasteiger partial charge in [-0.15, -0.1) is 0 Å². The number of carbonyl (C=O) groups excluding carboxylic acids is 1. The quantitative estimate of drug-likeness (QED) is 0.0119. The normalized spacial score (nSPS) is 29.9. The van der Waals surface area contributed by atoms with Crippen molar-refractivity contribution in [3.8, 4) is 5.75 Å². The van der Waals surface area contributed by atoms with Crippen molar-refractivity contribution in [3.63, 3.8) is 0 Å². The maximum Gasteiger partial charge on any atom is 0.338 e. The van der Waals surface area contributed by atoms with E-state index in [1.54, 1.807) is 31.4 Å². The molecular weight excluding hydrogens is 1470 g/mol. The lowest BCUT2D eigenvalue weighted by molar-refractivity contribution is -0.417. The van der Waals surface area contributed by atoms with Crippen LogP contribution in [0.25, 0.3) is 10.4 Å². The minimum atomic E-state index is -1.63. The SMILES string of the molecule is COc1ccc(CO[C@H]2[C@H](O[C@@H]3[C@@H](OCc4ccccc4)[C@H](C)O[C@@H](O[C@H]4[C@H](O[C@H]5[C@H](OCCCN=[N+]=[N-])O[C@@H]6COC(c7ccccc7)O[C@@H]6[C@@H]5OCc5ccccc5)O[C@@H](C)[C@H](OCc5ccccc5)[C@H]4OCc4ccccc4)[C@@H]3OC(=O)c3ccccc3)O[C@@H]3COC(c4ccccc4)O[C@@H]3[C@@H]2OCc2ccccc2)cc1. The number of azide groups is 1. The van der Waals surface area contributed by atoms with E-state index < -0.39 is 141 Å². The van der Waals surface area contributed by atoms with Crippen molar-refractivity contribution in [1.82, 2.24) is 0 Å². The third-order valence-electron chi connectivity index (χ3n) is 21.1. The van der Waals surface area contributed by atoms with Crippen molar-refractivity contribution < 1.29 is 99.5 Å². The summed E-state index contributed by atoms with van der Waals surface area (Å²) in [5.74, 6) is -0.0938. The summed E-state index contributed by atoms with van der Waals surface area (Å²) in [6.45, 7) is 4.55. The number of carbonyl (C=O) groups is 1. The van der Waals surface area contributed by atoms with Crippen LogP contribution in [0.1, 0.15) is 87.7 Å². The second-order valence-corrected chi connectivity index (χ2v) is 29.0. The minimum absolute atomic E-state index is 0.0372. The van der Waals surface area contributed by atoms with E-state index in [2.05, 4.69) is 10.0 Å². The van der Waals surface area contributed by atoms with Gasteiger partial charge in [-0.3, -0.25) is 0 Å². The van der Waals surface area contributed by atoms with Crippen molar-refractivity contribution in [3.05, 3.63) is 327 Å². The van der Waals surface area contributed by atoms with E-state index in [9.17, 15) is 5.53 Å². The summed E-state index contributed by atoms with van der Waals surface area (Å²) in [6, 6.07) is 84.3. The zero-order valence-corrected chi connectivity index (χ0v) is 64.3. The largest absolute Gasteiger partial charge is 0.497 e. The van der Waals surface area contributed by atoms with Crippen molar-refractivity contribution in [1.29, 1.82) is 0 Å². The van der Waals surface area contributed by atoms with Gasteiger partial charge in [0, 0.05) is 29.2 Å². The van der Waals surface area contributed by atoms with E-state index in [1.807, 2.05) is 257 Å². The molecule has 2 unspecified atom stereocenters. The molecule has 115 heavy (non-hydrogen) atoms. The monoisotopic (exact) mass is 1570 g/mol. The number of benzene rings is 9. The average molecular weight is 1570 g/mol. The number of hydrogen-bond acceptors (Lipinski definition) is 22. The van der Waals surface area contributed by atoms with Gasteiger partial charge in [0.1, 0.15) is 85.1 Å². The molecule has 6 saturated heterocycles. The molecule has 24 nitrogen and oxygen atoms in total. The molecule has 602 valence electrons. The fourth-order valence-corrected chi connectivity index (χ4v) is 15.2. The van der Waals surface area contributed by atoms with Gasteiger partial charge in [-0.1, -0.05) is 248 Å². The first kappa shape index (κ1) is 81.0. The lowest BCUT2D eigenvalue weighted by atomic mass is 9.94. The minimum Gasteiger partial charge on any atom is -0.497 e. The fourth-order valence-electron chi connectivity index (χ4n) is 15.2. The van der Waals surface area contributed by atoms with Gasteiger partial charge < -0.3 is 94.7 Å². The van der Waals surface area contributed by atoms with Crippen LogP contribution >= 0.6 is 0 Å². The summed E-state index contributed by atoms with van der Waals surface area (Å²) in [4.78, 5) is 18.6. The molecule has 0 spiro atoms. The highest BCUT2D eigenvalue weighted by molar-refractivity contribution is 5.89. The molecule has 6 aliphatic rings. The highest BCUT2D eigenvalue weighted by Gasteiger charge is 2.60. The summed E-state index contributed by atoms with van der Waals surface area (Å²) in [6.07, 6.45) is -23.9. The average Bonchev–Trinajstić information content (AvgIpc) is 0.752. The molecule has 0 radical (unpaired) electrons. The van der Waals surface area contributed by atoms with Gasteiger partial charge in [-0.05, 0) is 83.4 Å². The fraction of sp³-hybridized carbons (Fsp3) is 0.396. The van der Waals surface area contributed by atoms with Gasteiger partial charge in [0.2, 0.25) is 0 Å². The highest BCUT2D eigenvalue weighted by atomic mass is 16.8. The number of rotatable bonds is 34. The molecule has 0 aromatic heterocycles. The van der Waals surface area contributed by atoms with Gasteiger partial charge in [-0.25, -0.2) is 4.79 Å². The summed E-state index contributed by atoms with van der Waals surface area (Å²) < 4.78 is 142. The van der Waals surface area contributed by atoms with Crippen LogP contribution in [0.3, 0.4) is 0 Å². The number of nitrogens with zero attached hydrogens (tertiary/aromatic N) is 3. The Hall–Kier alpha value is -9.16. The predicted molar refractivity (Wildman–Crippen MR) is 418 cm³/mol. The standard InChI is InChI=1S/C91H97N3O21/c1-59-73(98-51-61-29-12-4-13-30-61)77(100-53-63-33-16-6-17-34-63)83(90(106-59)114-82-79(102-55-65-37-20-8-21-38-65)76-71(108-88(82)97-50-28-49-93-94-92)57-104-87(112-76)69-43-26-11-27-44-69)115-91-84(110-85(95)67-39-22-9-23-40-67)80(74(60(2)107-91)99-52-62-31-14-5-15-32-62)113-89-81(103-56-66-45-47-70(96-3)48-46-66)78(101-54-64-35-18-7-19-36-64)75-72(109-89)58-105-86(111-75)68-41-24-10-25-42-68/h4-27,29-48,59-60,71-84,86-91H,28,49-58H2,1-3H3/t59-,60-,71+,72+,73-,74-,75-,76-,77+,78-,79-,80+,81+,82+,83+,84+,86?,87?,88+,89-,90-,91-/m0/s1. The molecule has 6 heterocycles. The topological polar surface area (TPSA) is 250 Å². The van der Waals surface area contributed by atoms with Crippen LogP contribution in [-0.2, 0) is 130 Å². The highest BCUT2D eigenvalue weighted by Crippen LogP contribution is 2.44. The molecule has 0 amide bonds. The van der Waals surface area contributed by atoms with E-state index in [4.69, 9.17) is 94.7 Å². The third-order valence-corrected chi connectivity index (χ3v) is 21.1. The van der Waals surface area contributed by atoms with E-state index >= 15 is 4.79 Å². The number of methoxy groups -OCH3 is 1. The van der Waals surface area contributed by atoms with Crippen molar-refractivity contribution in [2.75, 3.05) is 33.5 Å². The van der Waals surface area contributed by atoms with Gasteiger partial charge in [0.15, 0.2) is 43.8 Å². The Kier molecular flexibility index (Phi) is 28.6. The lowest BCUT2D eigenvalue weighted by Gasteiger charge is -2.53. The molecule has 22 atom stereocenters. The molecule has 0 aliphatic carbocycles. The van der Waals surface area contributed by atoms with Crippen LogP contribution < -0.4 is 4.74 Å². The molecule has 9 aromatic rings. The van der Waals surface area contributed by atoms with Crippen LogP contribution in [0.15, 0.2) is 272 Å². The smallest absolute Gasteiger partial charge is 0.338 e. The van der Waals surface area contributed by atoms with E-state index in [1.165, 1.54) is 0 Å². The number of ether oxygens (including phenoxy) is 20. The van der Waals surface area contributed by atoms with Crippen LogP contribution in [0.4, 0.5) is 0 Å². The number of fused-ring (bicyclic) bond motifs is 2. The Morgan fingerprint density at radius 2 is 0.730 bits per heavy atom. The molecule has 0 bridgehead atoms. The van der Waals surface area contributed by atoms with E-state index in [0.29, 0.717) is 12.2 Å². The van der Waals surface area contributed by atoms with E-state index in [0.717, 1.165) is 44.5 Å². The zero-order chi connectivity index (χ0) is 78.5. The Morgan fingerprint density at radius 3 is 1.18 bits per heavy atom. The van der Waals surface area contributed by atoms with Crippen LogP contribution in [0.5, 0.6) is 5.75 Å². The first-order chi connectivity index (χ1) is 56.7. The maximum atomic E-state index is 15.6. The Bertz CT molecular complexity index is 4430. The maximum absolute atomic E-state index is 15.6. The number of hydrogen-bond donors (Lipinski definition) is 0. The Morgan fingerprint density at radius 1 is 0.374 bits per heavy atom. The molecule has 0 saturated carbocycles. The van der Waals surface area contributed by atoms with Crippen molar-refractivity contribution in [2.45, 2.75) is 195 Å². The van der Waals surface area contributed by atoms with Crippen LogP contribution in [0, 0.1) is 0 Å². The lowest BCUT2D eigenvalue weighted by Crippen LogP contribution is -2.69. The molecular formula is C91H97N3O21. The molecule has 15 rings (SSSR count). The van der Waals surface area contributed by atoms with Gasteiger partial charge in [0.05, 0.1) is 77.7 Å². The van der Waals surface area contributed by atoms with Crippen LogP contribution in [-0.4, -0.2) is 162 Å². The summed E-state index contributed by atoms with van der Waals surface area (Å²) >= 11 is 0. The second-order valence-electron chi connectivity index (χ2n) is 29.0. The zero-order valence-electron chi connectivity index (χ0n) is 64.3. The van der Waals surface area contributed by atoms with Gasteiger partial charge in [-0.2, -0.15) is 0 Å². The Balaban J connectivity index is 0.860. The first-order valence-electron chi connectivity index (χ1n) is 39.3. The molecule has 0 N–H and O–H groups in total.